The van der Waals surface area contributed by atoms with E-state index < -0.39 is 0 Å². The molecule has 2 N–H and O–H groups in total. The summed E-state index contributed by atoms with van der Waals surface area (Å²) in [4.78, 5) is 8.22. The van der Waals surface area contributed by atoms with Gasteiger partial charge in [0, 0.05) is 5.69 Å². The van der Waals surface area contributed by atoms with Crippen molar-refractivity contribution in [3.8, 4) is 11.7 Å². The summed E-state index contributed by atoms with van der Waals surface area (Å²) in [6, 6.07) is 1.96. The Balaban J connectivity index is 2.49. The summed E-state index contributed by atoms with van der Waals surface area (Å²) in [7, 11) is 0. The van der Waals surface area contributed by atoms with Crippen molar-refractivity contribution in [2.24, 2.45) is 0 Å². The summed E-state index contributed by atoms with van der Waals surface area (Å²) < 4.78 is 7.23. The quantitative estimate of drug-likeness (QED) is 0.892. The second-order valence-corrected chi connectivity index (χ2v) is 4.42. The van der Waals surface area contributed by atoms with Crippen molar-refractivity contribution in [1.29, 1.82) is 0 Å². The van der Waals surface area contributed by atoms with E-state index in [2.05, 4.69) is 15.1 Å². The lowest BCUT2D eigenvalue weighted by Crippen LogP contribution is -2.13. The van der Waals surface area contributed by atoms with Crippen LogP contribution in [0.3, 0.4) is 0 Å². The number of aryl methyl sites for hydroxylation is 2. The normalized spacial score (nSPS) is 10.9. The molecule has 0 unspecified atom stereocenters. The predicted molar refractivity (Wildman–Crippen MR) is 68.8 cm³/mol. The summed E-state index contributed by atoms with van der Waals surface area (Å²) in [6.45, 7) is 7.71. The summed E-state index contributed by atoms with van der Waals surface area (Å²) in [5, 5.41) is 4.35. The van der Waals surface area contributed by atoms with Gasteiger partial charge in [-0.05, 0) is 33.8 Å². The number of nitrogens with two attached hydrogens (primary N) is 1. The van der Waals surface area contributed by atoms with Crippen molar-refractivity contribution < 1.29 is 4.74 Å². The SMILES string of the molecule is Cc1cc(C)n(-c2ncnc(OC(C)C)c2N)n1. The molecule has 2 heterocycles. The molecule has 0 aliphatic rings. The third-order valence-electron chi connectivity index (χ3n) is 2.38. The molecule has 0 saturated heterocycles. The Morgan fingerprint density at radius 1 is 1.28 bits per heavy atom. The summed E-state index contributed by atoms with van der Waals surface area (Å²) in [6.07, 6.45) is 1.44. The zero-order chi connectivity index (χ0) is 13.3. The molecule has 0 aliphatic carbocycles. The monoisotopic (exact) mass is 247 g/mol. The Morgan fingerprint density at radius 3 is 2.56 bits per heavy atom. The lowest BCUT2D eigenvalue weighted by atomic mass is 10.4. The van der Waals surface area contributed by atoms with Crippen LogP contribution in [0.25, 0.3) is 5.82 Å². The molecule has 6 nitrogen and oxygen atoms in total. The molecule has 0 saturated carbocycles. The van der Waals surface area contributed by atoms with Crippen LogP contribution >= 0.6 is 0 Å². The highest BCUT2D eigenvalue weighted by molar-refractivity contribution is 5.59. The minimum Gasteiger partial charge on any atom is -0.473 e. The van der Waals surface area contributed by atoms with Crippen LogP contribution in [0.5, 0.6) is 5.88 Å². The zero-order valence-corrected chi connectivity index (χ0v) is 11.0. The van der Waals surface area contributed by atoms with Crippen molar-refractivity contribution in [3.63, 3.8) is 0 Å². The zero-order valence-electron chi connectivity index (χ0n) is 11.0. The molecule has 0 fully saturated rings. The standard InChI is InChI=1S/C12H17N5O/c1-7(2)18-12-10(13)11(14-6-15-12)17-9(4)5-8(3)16-17/h5-7H,13H2,1-4H3. The number of ether oxygens (including phenoxy) is 1. The first-order valence-corrected chi connectivity index (χ1v) is 5.79. The van der Waals surface area contributed by atoms with Crippen molar-refractivity contribution in [2.45, 2.75) is 33.8 Å². The van der Waals surface area contributed by atoms with Crippen molar-refractivity contribution in [1.82, 2.24) is 19.7 Å². The topological polar surface area (TPSA) is 78.8 Å². The lowest BCUT2D eigenvalue weighted by molar-refractivity contribution is 0.233. The Hall–Kier alpha value is -2.11. The van der Waals surface area contributed by atoms with Crippen LogP contribution in [0.15, 0.2) is 12.4 Å². The number of aromatic nitrogens is 4. The fourth-order valence-electron chi connectivity index (χ4n) is 1.70. The fraction of sp³-hybridized carbons (Fsp3) is 0.417. The maximum Gasteiger partial charge on any atom is 0.242 e. The van der Waals surface area contributed by atoms with E-state index in [4.69, 9.17) is 10.5 Å². The Bertz CT molecular complexity index is 562. The lowest BCUT2D eigenvalue weighted by Gasteiger charge is -2.13. The van der Waals surface area contributed by atoms with E-state index in [1.54, 1.807) is 4.68 Å². The molecule has 6 heteroatoms. The first kappa shape index (κ1) is 12.3. The first-order valence-electron chi connectivity index (χ1n) is 5.79. The second kappa shape index (κ2) is 4.64. The molecule has 96 valence electrons. The van der Waals surface area contributed by atoms with Crippen LogP contribution in [0, 0.1) is 13.8 Å². The number of anilines is 1. The van der Waals surface area contributed by atoms with Gasteiger partial charge < -0.3 is 10.5 Å². The van der Waals surface area contributed by atoms with Crippen LogP contribution in [0.1, 0.15) is 25.2 Å². The van der Waals surface area contributed by atoms with E-state index in [1.807, 2.05) is 33.8 Å². The average Bonchev–Trinajstić information content (AvgIpc) is 2.60. The van der Waals surface area contributed by atoms with E-state index in [0.29, 0.717) is 17.4 Å². The number of nitrogens with zero attached hydrogens (tertiary/aromatic N) is 4. The highest BCUT2D eigenvalue weighted by Gasteiger charge is 2.14. The minimum atomic E-state index is 0.00973. The minimum absolute atomic E-state index is 0.00973. The highest BCUT2D eigenvalue weighted by Crippen LogP contribution is 2.25. The third kappa shape index (κ3) is 2.27. The van der Waals surface area contributed by atoms with Gasteiger partial charge in [0.2, 0.25) is 5.88 Å². The van der Waals surface area contributed by atoms with Gasteiger partial charge in [0.05, 0.1) is 11.8 Å². The van der Waals surface area contributed by atoms with Crippen LogP contribution in [0.2, 0.25) is 0 Å². The third-order valence-corrected chi connectivity index (χ3v) is 2.38. The second-order valence-electron chi connectivity index (χ2n) is 4.42. The van der Waals surface area contributed by atoms with Crippen molar-refractivity contribution in [2.75, 3.05) is 5.73 Å². The smallest absolute Gasteiger partial charge is 0.242 e. The number of nitrogen functional groups attached to an aromatic ring is 1. The Morgan fingerprint density at radius 2 is 2.00 bits per heavy atom. The fourth-order valence-corrected chi connectivity index (χ4v) is 1.70. The molecule has 0 amide bonds. The summed E-state index contributed by atoms with van der Waals surface area (Å²) in [5.74, 6) is 0.939. The molecule has 0 aromatic carbocycles. The highest BCUT2D eigenvalue weighted by atomic mass is 16.5. The van der Waals surface area contributed by atoms with Gasteiger partial charge in [0.25, 0.3) is 0 Å². The average molecular weight is 247 g/mol. The molecule has 0 bridgehead atoms. The number of hydrogen-bond acceptors (Lipinski definition) is 5. The van der Waals surface area contributed by atoms with E-state index in [9.17, 15) is 0 Å². The van der Waals surface area contributed by atoms with Crippen LogP contribution in [-0.2, 0) is 0 Å². The molecule has 2 aromatic rings. The van der Waals surface area contributed by atoms with Gasteiger partial charge in [-0.2, -0.15) is 10.1 Å². The van der Waals surface area contributed by atoms with Gasteiger partial charge in [0.1, 0.15) is 12.0 Å². The summed E-state index contributed by atoms with van der Waals surface area (Å²) in [5.41, 5.74) is 8.31. The molecule has 0 radical (unpaired) electrons. The van der Waals surface area contributed by atoms with Gasteiger partial charge >= 0.3 is 0 Å². The number of rotatable bonds is 3. The predicted octanol–water partition coefficient (Wildman–Crippen LogP) is 1.65. The van der Waals surface area contributed by atoms with Gasteiger partial charge in [-0.3, -0.25) is 0 Å². The molecule has 18 heavy (non-hydrogen) atoms. The van der Waals surface area contributed by atoms with Crippen LogP contribution < -0.4 is 10.5 Å². The Kier molecular flexibility index (Phi) is 3.18. The largest absolute Gasteiger partial charge is 0.473 e. The van der Waals surface area contributed by atoms with E-state index in [-0.39, 0.29) is 6.10 Å². The molecule has 0 spiro atoms. The van der Waals surface area contributed by atoms with Crippen molar-refractivity contribution in [3.05, 3.63) is 23.8 Å². The van der Waals surface area contributed by atoms with E-state index in [0.717, 1.165) is 11.4 Å². The molecule has 0 atom stereocenters. The van der Waals surface area contributed by atoms with E-state index >= 15 is 0 Å². The molecular formula is C12H17N5O. The van der Waals surface area contributed by atoms with Gasteiger partial charge in [-0.15, -0.1) is 0 Å². The molecular weight excluding hydrogens is 230 g/mol. The van der Waals surface area contributed by atoms with Gasteiger partial charge in [-0.25, -0.2) is 9.67 Å². The van der Waals surface area contributed by atoms with Gasteiger partial charge in [0.15, 0.2) is 5.82 Å². The molecule has 0 aliphatic heterocycles. The van der Waals surface area contributed by atoms with E-state index in [1.165, 1.54) is 6.33 Å². The maximum absolute atomic E-state index is 6.03. The van der Waals surface area contributed by atoms with Gasteiger partial charge in [-0.1, -0.05) is 0 Å². The molecule has 2 aromatic heterocycles. The first-order chi connectivity index (χ1) is 8.49. The van der Waals surface area contributed by atoms with Crippen LogP contribution in [0.4, 0.5) is 5.69 Å². The van der Waals surface area contributed by atoms with Crippen molar-refractivity contribution >= 4 is 5.69 Å². The maximum atomic E-state index is 6.03. The molecule has 2 rings (SSSR count). The Labute approximate surface area is 106 Å². The summed E-state index contributed by atoms with van der Waals surface area (Å²) >= 11 is 0. The van der Waals surface area contributed by atoms with Crippen LogP contribution in [-0.4, -0.2) is 25.9 Å². The number of hydrogen-bond donors (Lipinski definition) is 1.